The number of nitrogens with zero attached hydrogens (tertiary/aromatic N) is 2. The Morgan fingerprint density at radius 3 is 2.92 bits per heavy atom. The monoisotopic (exact) mass is 228 g/mol. The quantitative estimate of drug-likeness (QED) is 0.762. The van der Waals surface area contributed by atoms with E-state index < -0.39 is 0 Å². The zero-order valence-electron chi connectivity index (χ0n) is 7.26. The predicted molar refractivity (Wildman–Crippen MR) is 52.2 cm³/mol. The second-order valence-electron chi connectivity index (χ2n) is 3.34. The van der Waals surface area contributed by atoms with E-state index in [1.165, 1.54) is 25.0 Å². The number of halogens is 1. The molecule has 0 aromatic carbocycles. The van der Waals surface area contributed by atoms with Crippen molar-refractivity contribution >= 4 is 15.9 Å². The third-order valence-corrected chi connectivity index (χ3v) is 2.99. The minimum atomic E-state index is 0.781. The highest BCUT2D eigenvalue weighted by atomic mass is 79.9. The molecule has 2 nitrogen and oxygen atoms in total. The minimum absolute atomic E-state index is 0.781. The first-order valence-electron chi connectivity index (χ1n) is 4.54. The Morgan fingerprint density at radius 2 is 2.42 bits per heavy atom. The van der Waals surface area contributed by atoms with E-state index in [0.29, 0.717) is 0 Å². The van der Waals surface area contributed by atoms with Crippen LogP contribution in [0.2, 0.25) is 0 Å². The zero-order valence-corrected chi connectivity index (χ0v) is 8.84. The molecule has 0 unspecified atom stereocenters. The minimum Gasteiger partial charge on any atom is -0.268 e. The summed E-state index contributed by atoms with van der Waals surface area (Å²) in [4.78, 5) is 0. The molecule has 0 spiro atoms. The Morgan fingerprint density at radius 1 is 1.67 bits per heavy atom. The number of hydrogen-bond donors (Lipinski definition) is 0. The van der Waals surface area contributed by atoms with E-state index in [0.717, 1.165) is 17.1 Å². The van der Waals surface area contributed by atoms with Crippen LogP contribution < -0.4 is 0 Å². The number of rotatable bonds is 2. The normalized spacial score (nSPS) is 17.8. The molecule has 0 saturated heterocycles. The fraction of sp³-hybridized carbons (Fsp3) is 0.667. The molecule has 0 atom stereocenters. The summed E-state index contributed by atoms with van der Waals surface area (Å²) in [6.07, 6.45) is 4.08. The van der Waals surface area contributed by atoms with Crippen LogP contribution in [0.4, 0.5) is 0 Å². The van der Waals surface area contributed by atoms with E-state index in [1.54, 1.807) is 0 Å². The van der Waals surface area contributed by atoms with Crippen molar-refractivity contribution in [1.29, 1.82) is 0 Å². The van der Waals surface area contributed by atoms with Gasteiger partial charge in [-0.2, -0.15) is 5.10 Å². The van der Waals surface area contributed by atoms with Crippen LogP contribution in [0.25, 0.3) is 0 Å². The molecule has 1 fully saturated rings. The maximum atomic E-state index is 4.37. The van der Waals surface area contributed by atoms with Crippen molar-refractivity contribution in [2.75, 3.05) is 0 Å². The Bertz CT molecular complexity index is 276. The van der Waals surface area contributed by atoms with Gasteiger partial charge in [-0.15, -0.1) is 0 Å². The van der Waals surface area contributed by atoms with Gasteiger partial charge in [0.05, 0.1) is 0 Å². The Hall–Kier alpha value is -0.310. The lowest BCUT2D eigenvalue weighted by molar-refractivity contribution is 0.390. The van der Waals surface area contributed by atoms with Gasteiger partial charge in [-0.3, -0.25) is 4.68 Å². The molecule has 1 heterocycles. The third kappa shape index (κ3) is 1.30. The molecule has 12 heavy (non-hydrogen) atoms. The summed E-state index contributed by atoms with van der Waals surface area (Å²) in [6.45, 7) is 3.12. The van der Waals surface area contributed by atoms with Crippen LogP contribution >= 0.6 is 15.9 Å². The van der Waals surface area contributed by atoms with Gasteiger partial charge in [0.15, 0.2) is 0 Å². The van der Waals surface area contributed by atoms with Crippen molar-refractivity contribution in [3.8, 4) is 0 Å². The van der Waals surface area contributed by atoms with Crippen molar-refractivity contribution in [3.05, 3.63) is 16.4 Å². The van der Waals surface area contributed by atoms with Crippen LogP contribution in [0.15, 0.2) is 10.7 Å². The van der Waals surface area contributed by atoms with Crippen LogP contribution in [0, 0.1) is 0 Å². The maximum absolute atomic E-state index is 4.37. The summed E-state index contributed by atoms with van der Waals surface area (Å²) in [5.74, 6) is 0.781. The molecule has 1 aliphatic rings. The number of aromatic nitrogens is 2. The van der Waals surface area contributed by atoms with E-state index in [9.17, 15) is 0 Å². The van der Waals surface area contributed by atoms with Gasteiger partial charge in [-0.1, -0.05) is 6.42 Å². The van der Waals surface area contributed by atoms with E-state index in [4.69, 9.17) is 0 Å². The Balaban J connectivity index is 2.27. The SMILES string of the molecule is CCn1nc(Br)cc1C1CCC1. The molecule has 1 aromatic heterocycles. The van der Waals surface area contributed by atoms with Crippen LogP contribution in [0.5, 0.6) is 0 Å². The summed E-state index contributed by atoms with van der Waals surface area (Å²) < 4.78 is 3.08. The number of hydrogen-bond acceptors (Lipinski definition) is 1. The average Bonchev–Trinajstić information content (AvgIpc) is 2.27. The molecule has 66 valence electrons. The largest absolute Gasteiger partial charge is 0.268 e. The topological polar surface area (TPSA) is 17.8 Å². The summed E-state index contributed by atoms with van der Waals surface area (Å²) in [6, 6.07) is 2.16. The average molecular weight is 229 g/mol. The van der Waals surface area contributed by atoms with Gasteiger partial charge in [0, 0.05) is 18.2 Å². The molecule has 0 radical (unpaired) electrons. The Kier molecular flexibility index (Phi) is 2.22. The molecule has 1 saturated carbocycles. The Labute approximate surface area is 81.1 Å². The molecular weight excluding hydrogens is 216 g/mol. The van der Waals surface area contributed by atoms with Crippen molar-refractivity contribution in [2.45, 2.75) is 38.6 Å². The third-order valence-electron chi connectivity index (χ3n) is 2.60. The molecule has 0 bridgehead atoms. The summed E-state index contributed by atoms with van der Waals surface area (Å²) in [7, 11) is 0. The molecular formula is C9H13BrN2. The highest BCUT2D eigenvalue weighted by Gasteiger charge is 2.23. The highest BCUT2D eigenvalue weighted by Crippen LogP contribution is 2.37. The lowest BCUT2D eigenvalue weighted by Gasteiger charge is -2.25. The second-order valence-corrected chi connectivity index (χ2v) is 4.15. The fourth-order valence-electron chi connectivity index (χ4n) is 1.68. The zero-order chi connectivity index (χ0) is 8.55. The van der Waals surface area contributed by atoms with Gasteiger partial charge < -0.3 is 0 Å². The predicted octanol–water partition coefficient (Wildman–Crippen LogP) is 2.93. The fourth-order valence-corrected chi connectivity index (χ4v) is 2.11. The van der Waals surface area contributed by atoms with E-state index in [-0.39, 0.29) is 0 Å². The second kappa shape index (κ2) is 3.21. The van der Waals surface area contributed by atoms with Crippen LogP contribution in [0.1, 0.15) is 37.8 Å². The van der Waals surface area contributed by atoms with Gasteiger partial charge in [0.1, 0.15) is 4.60 Å². The maximum Gasteiger partial charge on any atom is 0.128 e. The standard InChI is InChI=1S/C9H13BrN2/c1-2-12-8(6-9(10)11-12)7-4-3-5-7/h6-7H,2-5H2,1H3. The first-order chi connectivity index (χ1) is 5.81. The van der Waals surface area contributed by atoms with Crippen molar-refractivity contribution in [3.63, 3.8) is 0 Å². The van der Waals surface area contributed by atoms with E-state index in [2.05, 4.69) is 38.7 Å². The van der Waals surface area contributed by atoms with E-state index in [1.807, 2.05) is 0 Å². The van der Waals surface area contributed by atoms with Crippen LogP contribution in [0.3, 0.4) is 0 Å². The molecule has 2 rings (SSSR count). The molecule has 0 aliphatic heterocycles. The van der Waals surface area contributed by atoms with Crippen LogP contribution in [-0.2, 0) is 6.54 Å². The van der Waals surface area contributed by atoms with Gasteiger partial charge in [-0.05, 0) is 41.8 Å². The summed E-state index contributed by atoms with van der Waals surface area (Å²) >= 11 is 3.41. The molecule has 3 heteroatoms. The molecule has 0 amide bonds. The lowest BCUT2D eigenvalue weighted by atomic mass is 9.83. The molecule has 0 N–H and O–H groups in total. The first-order valence-corrected chi connectivity index (χ1v) is 5.34. The van der Waals surface area contributed by atoms with Gasteiger partial charge in [0.25, 0.3) is 0 Å². The van der Waals surface area contributed by atoms with Gasteiger partial charge in [-0.25, -0.2) is 0 Å². The van der Waals surface area contributed by atoms with Crippen molar-refractivity contribution in [1.82, 2.24) is 9.78 Å². The molecule has 1 aromatic rings. The van der Waals surface area contributed by atoms with Gasteiger partial charge in [0.2, 0.25) is 0 Å². The lowest BCUT2D eigenvalue weighted by Crippen LogP contribution is -2.14. The van der Waals surface area contributed by atoms with Crippen molar-refractivity contribution in [2.24, 2.45) is 0 Å². The smallest absolute Gasteiger partial charge is 0.128 e. The van der Waals surface area contributed by atoms with Crippen LogP contribution in [-0.4, -0.2) is 9.78 Å². The van der Waals surface area contributed by atoms with E-state index >= 15 is 0 Å². The summed E-state index contributed by atoms with van der Waals surface area (Å²) in [5, 5.41) is 4.37. The first kappa shape index (κ1) is 8.30. The highest BCUT2D eigenvalue weighted by molar-refractivity contribution is 9.10. The van der Waals surface area contributed by atoms with Crippen molar-refractivity contribution < 1.29 is 0 Å². The molecule has 1 aliphatic carbocycles. The number of aryl methyl sites for hydroxylation is 1. The summed E-state index contributed by atoms with van der Waals surface area (Å²) in [5.41, 5.74) is 1.41. The van der Waals surface area contributed by atoms with Gasteiger partial charge >= 0.3 is 0 Å².